The highest BCUT2D eigenvalue weighted by Gasteiger charge is 2.38. The Bertz CT molecular complexity index is 1130. The molecule has 4 rings (SSSR count). The lowest BCUT2D eigenvalue weighted by molar-refractivity contribution is -0.388. The van der Waals surface area contributed by atoms with Crippen LogP contribution in [0, 0.1) is 16.0 Å². The number of nitrogens with one attached hydrogen (secondary N) is 2. The van der Waals surface area contributed by atoms with Crippen molar-refractivity contribution >= 4 is 23.1 Å². The van der Waals surface area contributed by atoms with Gasteiger partial charge in [-0.2, -0.15) is 13.2 Å². The van der Waals surface area contributed by atoms with Crippen molar-refractivity contribution in [3.63, 3.8) is 0 Å². The van der Waals surface area contributed by atoms with Gasteiger partial charge in [0.2, 0.25) is 0 Å². The summed E-state index contributed by atoms with van der Waals surface area (Å²) in [6.07, 6.45) is -1.74. The first kappa shape index (κ1) is 28.3. The Morgan fingerprint density at radius 3 is 2.31 bits per heavy atom. The standard InChI is InChI=1S/C27H34F3N5O4/c1-2-39-23-6-4-22(5-7-23)33-13-9-19(10-14-33)18-31-26(36)34-15-11-20(12-16-34)32-21-3-8-25(35(37)38)24(17-21)27(28,29)30/h3-8,17,19-20,32H,2,9-16,18H2,1H3,(H,31,36). The van der Waals surface area contributed by atoms with Crippen LogP contribution < -0.4 is 20.3 Å². The van der Waals surface area contributed by atoms with Gasteiger partial charge >= 0.3 is 12.2 Å². The molecule has 2 heterocycles. The molecule has 0 radical (unpaired) electrons. The Labute approximate surface area is 225 Å². The molecule has 0 aliphatic carbocycles. The van der Waals surface area contributed by atoms with Gasteiger partial charge < -0.3 is 25.2 Å². The van der Waals surface area contributed by atoms with E-state index in [4.69, 9.17) is 4.74 Å². The number of urea groups is 1. The van der Waals surface area contributed by atoms with Gasteiger partial charge in [0, 0.05) is 56.2 Å². The molecule has 2 fully saturated rings. The summed E-state index contributed by atoms with van der Waals surface area (Å²) < 4.78 is 45.3. The molecule has 0 spiro atoms. The molecule has 2 saturated heterocycles. The number of nitro groups is 1. The molecule has 0 atom stereocenters. The molecular weight excluding hydrogens is 515 g/mol. The molecule has 2 amide bonds. The third-order valence-corrected chi connectivity index (χ3v) is 7.32. The largest absolute Gasteiger partial charge is 0.494 e. The predicted molar refractivity (Wildman–Crippen MR) is 142 cm³/mol. The first-order chi connectivity index (χ1) is 18.6. The number of likely N-dealkylation sites (tertiary alicyclic amines) is 1. The Balaban J connectivity index is 1.19. The van der Waals surface area contributed by atoms with E-state index in [1.807, 2.05) is 19.1 Å². The van der Waals surface area contributed by atoms with E-state index in [1.54, 1.807) is 4.90 Å². The van der Waals surface area contributed by atoms with E-state index < -0.39 is 22.4 Å². The second-order valence-corrected chi connectivity index (χ2v) is 9.94. The molecule has 0 saturated carbocycles. The number of halogens is 3. The van der Waals surface area contributed by atoms with E-state index in [9.17, 15) is 28.1 Å². The van der Waals surface area contributed by atoms with Crippen molar-refractivity contribution in [3.05, 3.63) is 58.1 Å². The Hall–Kier alpha value is -3.70. The van der Waals surface area contributed by atoms with Crippen molar-refractivity contribution in [1.29, 1.82) is 0 Å². The predicted octanol–water partition coefficient (Wildman–Crippen LogP) is 5.51. The van der Waals surface area contributed by atoms with Crippen LogP contribution in [0.15, 0.2) is 42.5 Å². The minimum atomic E-state index is -4.83. The summed E-state index contributed by atoms with van der Waals surface area (Å²) in [6.45, 7) is 5.99. The number of anilines is 2. The molecule has 0 aromatic heterocycles. The summed E-state index contributed by atoms with van der Waals surface area (Å²) in [5.74, 6) is 1.26. The van der Waals surface area contributed by atoms with E-state index in [0.29, 0.717) is 45.0 Å². The monoisotopic (exact) mass is 549 g/mol. The summed E-state index contributed by atoms with van der Waals surface area (Å²) in [5, 5.41) is 17.0. The summed E-state index contributed by atoms with van der Waals surface area (Å²) in [4.78, 5) is 26.7. The lowest BCUT2D eigenvalue weighted by atomic mass is 9.96. The molecule has 2 aromatic carbocycles. The lowest BCUT2D eigenvalue weighted by Crippen LogP contribution is -2.48. The molecule has 0 unspecified atom stereocenters. The van der Waals surface area contributed by atoms with Crippen LogP contribution >= 0.6 is 0 Å². The molecule has 9 nitrogen and oxygen atoms in total. The van der Waals surface area contributed by atoms with E-state index in [0.717, 1.165) is 43.8 Å². The van der Waals surface area contributed by atoms with Gasteiger partial charge in [-0.25, -0.2) is 4.79 Å². The van der Waals surface area contributed by atoms with Crippen LogP contribution in [-0.2, 0) is 6.18 Å². The molecule has 2 N–H and O–H groups in total. The third-order valence-electron chi connectivity index (χ3n) is 7.32. The van der Waals surface area contributed by atoms with Gasteiger partial charge in [0.25, 0.3) is 5.69 Å². The van der Waals surface area contributed by atoms with Crippen LogP contribution in [0.5, 0.6) is 5.75 Å². The van der Waals surface area contributed by atoms with Crippen molar-refractivity contribution in [3.8, 4) is 5.75 Å². The topological polar surface area (TPSA) is 100.0 Å². The minimum absolute atomic E-state index is 0.128. The third kappa shape index (κ3) is 7.45. The number of carbonyl (C=O) groups excluding carboxylic acids is 1. The number of amides is 2. The Morgan fingerprint density at radius 2 is 1.72 bits per heavy atom. The van der Waals surface area contributed by atoms with E-state index in [-0.39, 0.29) is 17.8 Å². The number of rotatable bonds is 8. The highest BCUT2D eigenvalue weighted by molar-refractivity contribution is 5.74. The van der Waals surface area contributed by atoms with Crippen LogP contribution in [0.3, 0.4) is 0 Å². The maximum absolute atomic E-state index is 13.3. The van der Waals surface area contributed by atoms with Crippen LogP contribution in [0.2, 0.25) is 0 Å². The van der Waals surface area contributed by atoms with E-state index in [2.05, 4.69) is 27.7 Å². The number of hydrogen-bond acceptors (Lipinski definition) is 6. The number of alkyl halides is 3. The molecule has 12 heteroatoms. The molecule has 212 valence electrons. The molecule has 2 aromatic rings. The van der Waals surface area contributed by atoms with Crippen LogP contribution in [0.4, 0.5) is 35.0 Å². The quantitative estimate of drug-likeness (QED) is 0.333. The van der Waals surface area contributed by atoms with Gasteiger partial charge in [-0.1, -0.05) is 0 Å². The second-order valence-electron chi connectivity index (χ2n) is 9.94. The maximum Gasteiger partial charge on any atom is 0.423 e. The van der Waals surface area contributed by atoms with Gasteiger partial charge in [-0.3, -0.25) is 10.1 Å². The summed E-state index contributed by atoms with van der Waals surface area (Å²) in [6, 6.07) is 10.8. The fourth-order valence-electron chi connectivity index (χ4n) is 5.13. The zero-order chi connectivity index (χ0) is 28.0. The molecule has 2 aliphatic rings. The summed E-state index contributed by atoms with van der Waals surface area (Å²) in [7, 11) is 0. The number of nitrogens with zero attached hydrogens (tertiary/aromatic N) is 3. The van der Waals surface area contributed by atoms with Crippen molar-refractivity contribution < 1.29 is 27.6 Å². The van der Waals surface area contributed by atoms with Crippen molar-refractivity contribution in [2.45, 2.75) is 44.8 Å². The normalized spacial score (nSPS) is 17.1. The Kier molecular flexibility index (Phi) is 9.03. The fraction of sp³-hybridized carbons (Fsp3) is 0.519. The summed E-state index contributed by atoms with van der Waals surface area (Å²) >= 11 is 0. The van der Waals surface area contributed by atoms with Crippen LogP contribution in [0.25, 0.3) is 0 Å². The highest BCUT2D eigenvalue weighted by atomic mass is 19.4. The maximum atomic E-state index is 13.3. The first-order valence-electron chi connectivity index (χ1n) is 13.3. The number of nitro benzene ring substituents is 1. The molecule has 39 heavy (non-hydrogen) atoms. The number of benzene rings is 2. The SMILES string of the molecule is CCOc1ccc(N2CCC(CNC(=O)N3CCC(Nc4ccc([N+](=O)[O-])c(C(F)(F)F)c4)CC3)CC2)cc1. The van der Waals surface area contributed by atoms with E-state index in [1.165, 1.54) is 11.8 Å². The average Bonchev–Trinajstić information content (AvgIpc) is 2.92. The zero-order valence-corrected chi connectivity index (χ0v) is 21.9. The van der Waals surface area contributed by atoms with Crippen LogP contribution in [-0.4, -0.2) is 61.2 Å². The van der Waals surface area contributed by atoms with Gasteiger partial charge in [-0.15, -0.1) is 0 Å². The van der Waals surface area contributed by atoms with Gasteiger partial charge in [-0.05, 0) is 74.9 Å². The van der Waals surface area contributed by atoms with Gasteiger partial charge in [0.05, 0.1) is 11.5 Å². The van der Waals surface area contributed by atoms with Gasteiger partial charge in [0.1, 0.15) is 11.3 Å². The molecular formula is C27H34F3N5O4. The summed E-state index contributed by atoms with van der Waals surface area (Å²) in [5.41, 5.74) is -0.908. The molecule has 2 aliphatic heterocycles. The van der Waals surface area contributed by atoms with Gasteiger partial charge in [0.15, 0.2) is 0 Å². The lowest BCUT2D eigenvalue weighted by Gasteiger charge is -2.35. The van der Waals surface area contributed by atoms with Crippen molar-refractivity contribution in [2.24, 2.45) is 5.92 Å². The van der Waals surface area contributed by atoms with Crippen molar-refractivity contribution in [1.82, 2.24) is 10.2 Å². The second kappa shape index (κ2) is 12.4. The smallest absolute Gasteiger partial charge is 0.423 e. The van der Waals surface area contributed by atoms with E-state index >= 15 is 0 Å². The number of ether oxygens (including phenoxy) is 1. The molecule has 0 bridgehead atoms. The highest BCUT2D eigenvalue weighted by Crippen LogP contribution is 2.38. The average molecular weight is 550 g/mol. The van der Waals surface area contributed by atoms with Crippen LogP contribution in [0.1, 0.15) is 38.2 Å². The number of hydrogen-bond donors (Lipinski definition) is 2. The fourth-order valence-corrected chi connectivity index (χ4v) is 5.13. The first-order valence-corrected chi connectivity index (χ1v) is 13.3. The van der Waals surface area contributed by atoms with Crippen molar-refractivity contribution in [2.75, 3.05) is 49.5 Å². The Morgan fingerprint density at radius 1 is 1.05 bits per heavy atom. The number of carbonyl (C=O) groups is 1. The zero-order valence-electron chi connectivity index (χ0n) is 21.9. The minimum Gasteiger partial charge on any atom is -0.494 e. The number of piperidine rings is 2.